The highest BCUT2D eigenvalue weighted by molar-refractivity contribution is 7.91. The monoisotopic (exact) mass is 595 g/mol. The molecule has 1 heterocycles. The van der Waals surface area contributed by atoms with Gasteiger partial charge >= 0.3 is 6.18 Å². The summed E-state index contributed by atoms with van der Waals surface area (Å²) >= 11 is 0. The van der Waals surface area contributed by atoms with E-state index in [2.05, 4.69) is 4.90 Å². The number of aromatic hydroxyl groups is 1. The molecule has 1 atom stereocenters. The summed E-state index contributed by atoms with van der Waals surface area (Å²) in [5.41, 5.74) is 5.89. The van der Waals surface area contributed by atoms with Gasteiger partial charge in [0.2, 0.25) is 0 Å². The first-order valence-corrected chi connectivity index (χ1v) is 16.6. The van der Waals surface area contributed by atoms with Gasteiger partial charge in [0.1, 0.15) is 11.6 Å². The third-order valence-corrected chi connectivity index (χ3v) is 10.1. The first kappa shape index (κ1) is 31.5. The van der Waals surface area contributed by atoms with Crippen molar-refractivity contribution in [3.63, 3.8) is 0 Å². The van der Waals surface area contributed by atoms with Crippen LogP contribution in [0.15, 0.2) is 42.5 Å². The lowest BCUT2D eigenvalue weighted by Gasteiger charge is -2.24. The molecule has 2 aromatic rings. The Morgan fingerprint density at radius 3 is 2.44 bits per heavy atom. The molecule has 1 N–H and O–H groups in total. The molecule has 9 heteroatoms. The fourth-order valence-electron chi connectivity index (χ4n) is 6.28. The van der Waals surface area contributed by atoms with Gasteiger partial charge in [0.15, 0.2) is 9.84 Å². The quantitative estimate of drug-likeness (QED) is 0.189. The summed E-state index contributed by atoms with van der Waals surface area (Å²) in [7, 11) is -3.71. The summed E-state index contributed by atoms with van der Waals surface area (Å²) in [6, 6.07) is 12.4. The first-order chi connectivity index (χ1) is 19.5. The highest BCUT2D eigenvalue weighted by Crippen LogP contribution is 2.39. The summed E-state index contributed by atoms with van der Waals surface area (Å²) in [4.78, 5) is 2.31. The van der Waals surface area contributed by atoms with Gasteiger partial charge in [-0.3, -0.25) is 0 Å². The van der Waals surface area contributed by atoms with E-state index in [-0.39, 0.29) is 23.4 Å². The Kier molecular flexibility index (Phi) is 10.9. The van der Waals surface area contributed by atoms with Gasteiger partial charge in [-0.05, 0) is 123 Å². The molecule has 1 fully saturated rings. The SMILES string of the molecule is O=S(=O)(CCC1CCCN1CCCCCCC1=C(c2ccc(F)cc2)CCCc2cc(O)ccc21)CCC(F)(F)F. The van der Waals surface area contributed by atoms with Gasteiger partial charge in [-0.25, -0.2) is 12.8 Å². The van der Waals surface area contributed by atoms with Crippen LogP contribution in [0.5, 0.6) is 5.75 Å². The van der Waals surface area contributed by atoms with Crippen molar-refractivity contribution in [3.05, 3.63) is 65.0 Å². The van der Waals surface area contributed by atoms with Crippen LogP contribution in [0.3, 0.4) is 0 Å². The van der Waals surface area contributed by atoms with Gasteiger partial charge < -0.3 is 10.0 Å². The van der Waals surface area contributed by atoms with Gasteiger partial charge in [-0.2, -0.15) is 13.2 Å². The number of alkyl halides is 3. The minimum absolute atomic E-state index is 0.123. The van der Waals surface area contributed by atoms with Crippen LogP contribution < -0.4 is 0 Å². The number of nitrogens with zero attached hydrogens (tertiary/aromatic N) is 1. The fourth-order valence-corrected chi connectivity index (χ4v) is 7.66. The van der Waals surface area contributed by atoms with Crippen LogP contribution in [0.1, 0.15) is 87.3 Å². The third-order valence-electron chi connectivity index (χ3n) is 8.42. The molecule has 226 valence electrons. The van der Waals surface area contributed by atoms with E-state index in [4.69, 9.17) is 0 Å². The predicted molar refractivity (Wildman–Crippen MR) is 156 cm³/mol. The van der Waals surface area contributed by atoms with E-state index in [0.717, 1.165) is 88.4 Å². The van der Waals surface area contributed by atoms with Crippen LogP contribution in [0.4, 0.5) is 17.6 Å². The average molecular weight is 596 g/mol. The molecule has 1 saturated heterocycles. The normalized spacial score (nSPS) is 18.5. The van der Waals surface area contributed by atoms with Crippen LogP contribution in [0.25, 0.3) is 11.1 Å². The number of unbranched alkanes of at least 4 members (excludes halogenated alkanes) is 3. The molecule has 2 aliphatic rings. The number of rotatable bonds is 13. The molecular weight excluding hydrogens is 554 g/mol. The number of halogens is 4. The minimum atomic E-state index is -4.45. The molecule has 0 radical (unpaired) electrons. The Balaban J connectivity index is 1.29. The predicted octanol–water partition coefficient (Wildman–Crippen LogP) is 7.95. The molecule has 4 nitrogen and oxygen atoms in total. The second-order valence-electron chi connectivity index (χ2n) is 11.5. The third kappa shape index (κ3) is 9.57. The van der Waals surface area contributed by atoms with E-state index in [0.29, 0.717) is 6.42 Å². The number of likely N-dealkylation sites (tertiary alicyclic amines) is 1. The molecule has 0 saturated carbocycles. The Hall–Kier alpha value is -2.39. The number of phenols is 1. The van der Waals surface area contributed by atoms with Crippen LogP contribution in [-0.4, -0.2) is 55.2 Å². The van der Waals surface area contributed by atoms with Crippen molar-refractivity contribution in [2.75, 3.05) is 24.6 Å². The zero-order valence-electron chi connectivity index (χ0n) is 23.6. The summed E-state index contributed by atoms with van der Waals surface area (Å²) in [6.45, 7) is 1.78. The van der Waals surface area contributed by atoms with E-state index in [9.17, 15) is 31.1 Å². The minimum Gasteiger partial charge on any atom is -0.508 e. The topological polar surface area (TPSA) is 57.6 Å². The van der Waals surface area contributed by atoms with Gasteiger partial charge in [0.05, 0.1) is 17.9 Å². The Labute approximate surface area is 241 Å². The van der Waals surface area contributed by atoms with Crippen LogP contribution in [0.2, 0.25) is 0 Å². The number of benzene rings is 2. The maximum atomic E-state index is 13.6. The summed E-state index contributed by atoms with van der Waals surface area (Å²) in [5, 5.41) is 10.1. The van der Waals surface area contributed by atoms with Crippen molar-refractivity contribution in [3.8, 4) is 5.75 Å². The highest BCUT2D eigenvalue weighted by atomic mass is 32.2. The van der Waals surface area contributed by atoms with Crippen molar-refractivity contribution >= 4 is 21.0 Å². The molecule has 0 aromatic heterocycles. The van der Waals surface area contributed by atoms with Crippen molar-refractivity contribution < 1.29 is 31.1 Å². The maximum Gasteiger partial charge on any atom is 0.390 e. The first-order valence-electron chi connectivity index (χ1n) is 14.8. The Bertz CT molecular complexity index is 1290. The van der Waals surface area contributed by atoms with Gasteiger partial charge in [-0.1, -0.05) is 31.0 Å². The Morgan fingerprint density at radius 1 is 0.927 bits per heavy atom. The lowest BCUT2D eigenvalue weighted by Crippen LogP contribution is -2.32. The number of fused-ring (bicyclic) bond motifs is 1. The van der Waals surface area contributed by atoms with Gasteiger partial charge in [0, 0.05) is 6.04 Å². The van der Waals surface area contributed by atoms with E-state index < -0.39 is 28.2 Å². The van der Waals surface area contributed by atoms with Gasteiger partial charge in [-0.15, -0.1) is 0 Å². The highest BCUT2D eigenvalue weighted by Gasteiger charge is 2.31. The van der Waals surface area contributed by atoms with Crippen molar-refractivity contribution in [1.29, 1.82) is 0 Å². The largest absolute Gasteiger partial charge is 0.508 e. The second-order valence-corrected chi connectivity index (χ2v) is 13.8. The molecule has 0 amide bonds. The molecule has 41 heavy (non-hydrogen) atoms. The summed E-state index contributed by atoms with van der Waals surface area (Å²) < 4.78 is 75.1. The number of sulfone groups is 1. The summed E-state index contributed by atoms with van der Waals surface area (Å²) in [6.07, 6.45) is 4.27. The number of aryl methyl sites for hydroxylation is 1. The molecule has 1 aliphatic carbocycles. The van der Waals surface area contributed by atoms with Crippen molar-refractivity contribution in [2.24, 2.45) is 0 Å². The van der Waals surface area contributed by atoms with Crippen molar-refractivity contribution in [1.82, 2.24) is 4.90 Å². The van der Waals surface area contributed by atoms with Crippen LogP contribution in [-0.2, 0) is 16.3 Å². The van der Waals surface area contributed by atoms with Crippen LogP contribution >= 0.6 is 0 Å². The maximum absolute atomic E-state index is 13.6. The molecule has 4 rings (SSSR count). The van der Waals surface area contributed by atoms with E-state index >= 15 is 0 Å². The lowest BCUT2D eigenvalue weighted by atomic mass is 9.89. The van der Waals surface area contributed by atoms with Gasteiger partial charge in [0.25, 0.3) is 0 Å². The van der Waals surface area contributed by atoms with E-state index in [1.807, 2.05) is 24.3 Å². The molecule has 0 bridgehead atoms. The fraction of sp³-hybridized carbons (Fsp3) is 0.562. The molecule has 1 aliphatic heterocycles. The number of hydrogen-bond donors (Lipinski definition) is 1. The summed E-state index contributed by atoms with van der Waals surface area (Å²) in [5.74, 6) is -0.992. The number of hydrogen-bond acceptors (Lipinski definition) is 4. The smallest absolute Gasteiger partial charge is 0.390 e. The number of phenolic OH excluding ortho intramolecular Hbond substituents is 1. The zero-order valence-corrected chi connectivity index (χ0v) is 24.4. The molecule has 0 spiro atoms. The van der Waals surface area contributed by atoms with E-state index in [1.165, 1.54) is 28.8 Å². The number of allylic oxidation sites excluding steroid dienone is 2. The second kappa shape index (κ2) is 14.2. The standard InChI is InChI=1S/C32H41F4NO3S/c33-26-13-11-24(12-14-26)29-10-5-7-25-23-28(38)15-16-30(25)31(29)9-3-1-2-4-19-37-20-6-8-27(37)17-21-41(39,40)22-18-32(34,35)36/h11-16,23,27,38H,1-10,17-22H2. The average Bonchev–Trinajstić information content (AvgIpc) is 3.29. The zero-order chi connectivity index (χ0) is 29.5. The molecule has 2 aromatic carbocycles. The molecular formula is C32H41F4NO3S. The van der Waals surface area contributed by atoms with E-state index in [1.54, 1.807) is 6.07 Å². The Morgan fingerprint density at radius 2 is 1.68 bits per heavy atom. The molecule has 1 unspecified atom stereocenters. The van der Waals surface area contributed by atoms with Crippen molar-refractivity contribution in [2.45, 2.75) is 89.3 Å². The van der Waals surface area contributed by atoms with Crippen LogP contribution in [0, 0.1) is 5.82 Å². The lowest BCUT2D eigenvalue weighted by molar-refractivity contribution is -0.129.